The summed E-state index contributed by atoms with van der Waals surface area (Å²) in [4.78, 5) is 8.16. The van der Waals surface area contributed by atoms with Crippen LogP contribution in [-0.2, 0) is 6.18 Å². The summed E-state index contributed by atoms with van der Waals surface area (Å²) < 4.78 is 38.6. The second kappa shape index (κ2) is 7.75. The number of hydrogen-bond acceptors (Lipinski definition) is 5. The molecule has 0 amide bonds. The summed E-state index contributed by atoms with van der Waals surface area (Å²) in [6.45, 7) is 4.22. The molecule has 5 nitrogen and oxygen atoms in total. The van der Waals surface area contributed by atoms with Gasteiger partial charge in [0.25, 0.3) is 0 Å². The van der Waals surface area contributed by atoms with Crippen LogP contribution in [-0.4, -0.2) is 9.97 Å². The highest BCUT2D eigenvalue weighted by Gasteiger charge is 2.30. The molecule has 28 heavy (non-hydrogen) atoms. The summed E-state index contributed by atoms with van der Waals surface area (Å²) in [7, 11) is 0. The molecule has 2 aromatic carbocycles. The van der Waals surface area contributed by atoms with Crippen LogP contribution in [0.25, 0.3) is 0 Å². The molecule has 0 bridgehead atoms. The number of rotatable bonds is 5. The molecule has 1 aromatic heterocycles. The molecule has 0 saturated heterocycles. The number of benzene rings is 2. The highest BCUT2D eigenvalue weighted by Crippen LogP contribution is 2.33. The minimum absolute atomic E-state index is 0.202. The highest BCUT2D eigenvalue weighted by atomic mass is 19.4. The van der Waals surface area contributed by atoms with Crippen LogP contribution in [0.2, 0.25) is 0 Å². The summed E-state index contributed by atoms with van der Waals surface area (Å²) in [5, 5.41) is 5.92. The average Bonchev–Trinajstić information content (AvgIpc) is 2.65. The predicted octanol–water partition coefficient (Wildman–Crippen LogP) is 5.69. The van der Waals surface area contributed by atoms with Crippen LogP contribution >= 0.6 is 0 Å². The zero-order valence-electron chi connectivity index (χ0n) is 15.4. The molecular weight excluding hydrogens is 367 g/mol. The first-order chi connectivity index (χ1) is 13.2. The van der Waals surface area contributed by atoms with Crippen molar-refractivity contribution < 1.29 is 13.2 Å². The summed E-state index contributed by atoms with van der Waals surface area (Å²) >= 11 is 0. The van der Waals surface area contributed by atoms with Gasteiger partial charge in [-0.2, -0.15) is 13.2 Å². The van der Waals surface area contributed by atoms with E-state index in [0.29, 0.717) is 11.7 Å². The number of hydrogen-bond donors (Lipinski definition) is 3. The van der Waals surface area contributed by atoms with Crippen molar-refractivity contribution in [2.75, 3.05) is 16.4 Å². The maximum Gasteiger partial charge on any atom is 0.416 e. The lowest BCUT2D eigenvalue weighted by Crippen LogP contribution is -2.07. The molecule has 0 fully saturated rings. The number of nitrogens with one attached hydrogen (secondary N) is 2. The van der Waals surface area contributed by atoms with Gasteiger partial charge in [0.1, 0.15) is 12.0 Å². The van der Waals surface area contributed by atoms with E-state index in [9.17, 15) is 13.2 Å². The molecule has 0 spiro atoms. The number of anilines is 5. The fourth-order valence-corrected chi connectivity index (χ4v) is 2.59. The molecule has 0 saturated carbocycles. The Hall–Kier alpha value is -3.29. The van der Waals surface area contributed by atoms with Gasteiger partial charge >= 0.3 is 6.18 Å². The summed E-state index contributed by atoms with van der Waals surface area (Å²) in [6.07, 6.45) is -3.14. The first-order valence-corrected chi connectivity index (χ1v) is 8.66. The van der Waals surface area contributed by atoms with E-state index in [-0.39, 0.29) is 17.2 Å². The largest absolute Gasteiger partial charge is 0.416 e. The van der Waals surface area contributed by atoms with Crippen LogP contribution in [0.5, 0.6) is 0 Å². The number of aromatic nitrogens is 2. The fraction of sp³-hybridized carbons (Fsp3) is 0.200. The molecule has 3 rings (SSSR count). The topological polar surface area (TPSA) is 75.9 Å². The maximum absolute atomic E-state index is 12.9. The van der Waals surface area contributed by atoms with Crippen LogP contribution in [0.3, 0.4) is 0 Å². The van der Waals surface area contributed by atoms with Crippen LogP contribution in [0.4, 0.5) is 41.9 Å². The molecule has 0 aliphatic rings. The molecule has 1 heterocycles. The van der Waals surface area contributed by atoms with E-state index in [1.807, 2.05) is 24.3 Å². The van der Waals surface area contributed by atoms with Crippen molar-refractivity contribution in [1.82, 2.24) is 9.97 Å². The lowest BCUT2D eigenvalue weighted by Gasteiger charge is -2.14. The van der Waals surface area contributed by atoms with Gasteiger partial charge < -0.3 is 16.4 Å². The first kappa shape index (κ1) is 19.5. The van der Waals surface area contributed by atoms with E-state index >= 15 is 0 Å². The molecule has 8 heteroatoms. The molecule has 0 aliphatic heterocycles. The molecule has 4 N–H and O–H groups in total. The molecule has 0 atom stereocenters. The van der Waals surface area contributed by atoms with E-state index in [1.54, 1.807) is 0 Å². The van der Waals surface area contributed by atoms with Crippen molar-refractivity contribution in [3.8, 4) is 0 Å². The van der Waals surface area contributed by atoms with Gasteiger partial charge in [0, 0.05) is 11.4 Å². The summed E-state index contributed by atoms with van der Waals surface area (Å²) in [5.74, 6) is 0.999. The van der Waals surface area contributed by atoms with E-state index in [2.05, 4.69) is 34.4 Å². The Balaban J connectivity index is 1.81. The molecular formula is C20H20F3N5. The normalized spacial score (nSPS) is 11.5. The van der Waals surface area contributed by atoms with Crippen LogP contribution in [0, 0.1) is 0 Å². The zero-order valence-corrected chi connectivity index (χ0v) is 15.4. The number of alkyl halides is 3. The Morgan fingerprint density at radius 3 is 2.07 bits per heavy atom. The Morgan fingerprint density at radius 2 is 1.50 bits per heavy atom. The Kier molecular flexibility index (Phi) is 5.39. The van der Waals surface area contributed by atoms with Gasteiger partial charge in [0.2, 0.25) is 0 Å². The minimum Gasteiger partial charge on any atom is -0.393 e. The van der Waals surface area contributed by atoms with Crippen molar-refractivity contribution in [3.63, 3.8) is 0 Å². The Bertz CT molecular complexity index is 953. The first-order valence-electron chi connectivity index (χ1n) is 8.66. The lowest BCUT2D eigenvalue weighted by atomic mass is 10.0. The SMILES string of the molecule is CC(C)c1ccc(Nc2ncnc(Nc3cccc(C(F)(F)F)c3)c2N)cc1. The number of nitrogens with two attached hydrogens (primary N) is 1. The van der Waals surface area contributed by atoms with Gasteiger partial charge in [-0.3, -0.25) is 0 Å². The van der Waals surface area contributed by atoms with Crippen LogP contribution < -0.4 is 16.4 Å². The molecule has 0 aliphatic carbocycles. The standard InChI is InChI=1S/C20H20F3N5/c1-12(2)13-6-8-15(9-7-13)27-18-17(24)19(26-11-25-18)28-16-5-3-4-14(10-16)20(21,22)23/h3-12H,24H2,1-2H3,(H2,25,26,27,28). The molecule has 0 unspecified atom stereocenters. The maximum atomic E-state index is 12.9. The van der Waals surface area contributed by atoms with E-state index in [0.717, 1.165) is 17.8 Å². The van der Waals surface area contributed by atoms with E-state index < -0.39 is 11.7 Å². The van der Waals surface area contributed by atoms with E-state index in [1.165, 1.54) is 24.0 Å². The second-order valence-electron chi connectivity index (χ2n) is 6.59. The van der Waals surface area contributed by atoms with E-state index in [4.69, 9.17) is 5.73 Å². The summed E-state index contributed by atoms with van der Waals surface area (Å²) in [6, 6.07) is 12.7. The molecule has 3 aromatic rings. The van der Waals surface area contributed by atoms with Gasteiger partial charge in [-0.15, -0.1) is 0 Å². The Labute approximate surface area is 160 Å². The monoisotopic (exact) mass is 387 g/mol. The predicted molar refractivity (Wildman–Crippen MR) is 105 cm³/mol. The molecule has 0 radical (unpaired) electrons. The Morgan fingerprint density at radius 1 is 0.893 bits per heavy atom. The van der Waals surface area contributed by atoms with Crippen LogP contribution in [0.1, 0.15) is 30.9 Å². The zero-order chi connectivity index (χ0) is 20.3. The smallest absolute Gasteiger partial charge is 0.393 e. The third-order valence-electron chi connectivity index (χ3n) is 4.18. The third-order valence-corrected chi connectivity index (χ3v) is 4.18. The quantitative estimate of drug-likeness (QED) is 0.524. The number of halogens is 3. The fourth-order valence-electron chi connectivity index (χ4n) is 2.59. The van der Waals surface area contributed by atoms with Crippen molar-refractivity contribution >= 4 is 28.7 Å². The van der Waals surface area contributed by atoms with Crippen LogP contribution in [0.15, 0.2) is 54.9 Å². The average molecular weight is 387 g/mol. The van der Waals surface area contributed by atoms with Gasteiger partial charge in [0.05, 0.1) is 5.56 Å². The molecule has 146 valence electrons. The van der Waals surface area contributed by atoms with Gasteiger partial charge in [-0.25, -0.2) is 9.97 Å². The number of nitrogens with zero attached hydrogens (tertiary/aromatic N) is 2. The van der Waals surface area contributed by atoms with Crippen molar-refractivity contribution in [2.45, 2.75) is 25.9 Å². The van der Waals surface area contributed by atoms with Crippen molar-refractivity contribution in [2.24, 2.45) is 0 Å². The third kappa shape index (κ3) is 4.51. The van der Waals surface area contributed by atoms with Gasteiger partial charge in [-0.1, -0.05) is 32.0 Å². The summed E-state index contributed by atoms with van der Waals surface area (Å²) in [5.41, 5.74) is 7.78. The highest BCUT2D eigenvalue weighted by molar-refractivity contribution is 5.80. The number of nitrogen functional groups attached to an aromatic ring is 1. The van der Waals surface area contributed by atoms with Crippen molar-refractivity contribution in [3.05, 3.63) is 66.0 Å². The minimum atomic E-state index is -4.43. The van der Waals surface area contributed by atoms with Gasteiger partial charge in [-0.05, 0) is 41.8 Å². The lowest BCUT2D eigenvalue weighted by molar-refractivity contribution is -0.137. The van der Waals surface area contributed by atoms with Gasteiger partial charge in [0.15, 0.2) is 11.6 Å². The van der Waals surface area contributed by atoms with Crippen molar-refractivity contribution in [1.29, 1.82) is 0 Å². The second-order valence-corrected chi connectivity index (χ2v) is 6.59.